The highest BCUT2D eigenvalue weighted by atomic mass is 16.3. The van der Waals surface area contributed by atoms with Gasteiger partial charge in [-0.2, -0.15) is 0 Å². The molecule has 0 saturated carbocycles. The lowest BCUT2D eigenvalue weighted by atomic mass is 10.0. The van der Waals surface area contributed by atoms with Crippen LogP contribution in [0.5, 0.6) is 0 Å². The zero-order valence-electron chi connectivity index (χ0n) is 23.4. The van der Waals surface area contributed by atoms with Gasteiger partial charge in [-0.05, 0) is 44.9 Å². The number of carbonyl (C=O) groups excluding carboxylic acids is 1. The Morgan fingerprint density at radius 2 is 1.14 bits per heavy atom. The SMILES string of the molecule is CCCCC/C=C/CC/C=C/CC/C=C/C(O)C(CO)NC(=O)C(O)CCCCCCCCCCC. The van der Waals surface area contributed by atoms with Crippen molar-refractivity contribution in [1.82, 2.24) is 5.32 Å². The number of rotatable bonds is 25. The molecule has 0 rings (SSSR count). The van der Waals surface area contributed by atoms with Crippen LogP contribution < -0.4 is 5.32 Å². The summed E-state index contributed by atoms with van der Waals surface area (Å²) in [5.74, 6) is -0.525. The van der Waals surface area contributed by atoms with Crippen LogP contribution in [0, 0.1) is 0 Å². The van der Waals surface area contributed by atoms with Gasteiger partial charge in [0.25, 0.3) is 0 Å². The molecular weight excluding hydrogens is 450 g/mol. The molecule has 3 unspecified atom stereocenters. The second kappa shape index (κ2) is 26.6. The number of aliphatic hydroxyl groups excluding tert-OH is 3. The molecular formula is C31H57NO4. The number of nitrogens with one attached hydrogen (secondary N) is 1. The van der Waals surface area contributed by atoms with Gasteiger partial charge in [-0.1, -0.05) is 121 Å². The number of amides is 1. The van der Waals surface area contributed by atoms with E-state index in [1.54, 1.807) is 6.08 Å². The first kappa shape index (κ1) is 34.6. The number of aliphatic hydroxyl groups is 3. The van der Waals surface area contributed by atoms with Crippen molar-refractivity contribution < 1.29 is 20.1 Å². The smallest absolute Gasteiger partial charge is 0.249 e. The van der Waals surface area contributed by atoms with Gasteiger partial charge in [0.15, 0.2) is 0 Å². The Hall–Kier alpha value is -1.43. The van der Waals surface area contributed by atoms with Crippen LogP contribution in [-0.2, 0) is 4.79 Å². The van der Waals surface area contributed by atoms with E-state index in [0.717, 1.165) is 44.9 Å². The molecule has 0 aromatic carbocycles. The van der Waals surface area contributed by atoms with E-state index in [1.807, 2.05) is 6.08 Å². The van der Waals surface area contributed by atoms with Crippen molar-refractivity contribution >= 4 is 5.91 Å². The predicted octanol–water partition coefficient (Wildman–Crippen LogP) is 6.92. The number of allylic oxidation sites excluding steroid dienone is 5. The zero-order valence-corrected chi connectivity index (χ0v) is 23.4. The van der Waals surface area contributed by atoms with Gasteiger partial charge in [0.2, 0.25) is 5.91 Å². The van der Waals surface area contributed by atoms with E-state index in [1.165, 1.54) is 64.2 Å². The molecule has 3 atom stereocenters. The van der Waals surface area contributed by atoms with E-state index in [2.05, 4.69) is 43.5 Å². The van der Waals surface area contributed by atoms with E-state index in [0.29, 0.717) is 6.42 Å². The predicted molar refractivity (Wildman–Crippen MR) is 153 cm³/mol. The maximum atomic E-state index is 12.3. The largest absolute Gasteiger partial charge is 0.394 e. The first-order chi connectivity index (χ1) is 17.6. The Labute approximate surface area is 222 Å². The summed E-state index contributed by atoms with van der Waals surface area (Å²) < 4.78 is 0. The minimum Gasteiger partial charge on any atom is -0.394 e. The van der Waals surface area contributed by atoms with Crippen molar-refractivity contribution in [2.45, 2.75) is 148 Å². The topological polar surface area (TPSA) is 89.8 Å². The summed E-state index contributed by atoms with van der Waals surface area (Å²) in [6.45, 7) is 4.06. The molecule has 0 aromatic rings. The summed E-state index contributed by atoms with van der Waals surface area (Å²) >= 11 is 0. The van der Waals surface area contributed by atoms with Gasteiger partial charge in [0.1, 0.15) is 6.10 Å². The van der Waals surface area contributed by atoms with Crippen molar-refractivity contribution in [3.8, 4) is 0 Å². The molecule has 0 fully saturated rings. The van der Waals surface area contributed by atoms with Crippen LogP contribution in [0.15, 0.2) is 36.5 Å². The first-order valence-corrected chi connectivity index (χ1v) is 14.8. The van der Waals surface area contributed by atoms with Gasteiger partial charge in [-0.3, -0.25) is 4.79 Å². The van der Waals surface area contributed by atoms with E-state index < -0.39 is 24.2 Å². The van der Waals surface area contributed by atoms with Gasteiger partial charge in [0.05, 0.1) is 18.8 Å². The molecule has 4 N–H and O–H groups in total. The highest BCUT2D eigenvalue weighted by molar-refractivity contribution is 5.80. The van der Waals surface area contributed by atoms with Crippen LogP contribution in [0.25, 0.3) is 0 Å². The molecule has 1 amide bonds. The fourth-order valence-electron chi connectivity index (χ4n) is 4.04. The molecule has 0 bridgehead atoms. The second-order valence-electron chi connectivity index (χ2n) is 9.94. The molecule has 0 aliphatic carbocycles. The number of hydrogen-bond donors (Lipinski definition) is 4. The molecule has 0 radical (unpaired) electrons. The van der Waals surface area contributed by atoms with Gasteiger partial charge >= 0.3 is 0 Å². The van der Waals surface area contributed by atoms with Crippen LogP contribution in [0.2, 0.25) is 0 Å². The van der Waals surface area contributed by atoms with Crippen molar-refractivity contribution in [1.29, 1.82) is 0 Å². The van der Waals surface area contributed by atoms with Crippen molar-refractivity contribution in [2.24, 2.45) is 0 Å². The average Bonchev–Trinajstić information content (AvgIpc) is 2.88. The Bertz CT molecular complexity index is 573. The molecule has 0 aliphatic rings. The van der Waals surface area contributed by atoms with Crippen molar-refractivity contribution in [3.05, 3.63) is 36.5 Å². The Balaban J connectivity index is 3.96. The summed E-state index contributed by atoms with van der Waals surface area (Å²) in [5, 5.41) is 32.6. The highest BCUT2D eigenvalue weighted by Gasteiger charge is 2.22. The number of carbonyl (C=O) groups is 1. The van der Waals surface area contributed by atoms with Crippen LogP contribution >= 0.6 is 0 Å². The van der Waals surface area contributed by atoms with E-state index in [9.17, 15) is 20.1 Å². The molecule has 0 aromatic heterocycles. The van der Waals surface area contributed by atoms with E-state index in [-0.39, 0.29) is 6.61 Å². The molecule has 5 nitrogen and oxygen atoms in total. The lowest BCUT2D eigenvalue weighted by molar-refractivity contribution is -0.131. The molecule has 0 aliphatic heterocycles. The van der Waals surface area contributed by atoms with Gasteiger partial charge in [0, 0.05) is 0 Å². The minimum atomic E-state index is -1.10. The van der Waals surface area contributed by atoms with Crippen LogP contribution in [-0.4, -0.2) is 46.1 Å². The van der Waals surface area contributed by atoms with Gasteiger partial charge in [-0.25, -0.2) is 0 Å². The Kier molecular flexibility index (Phi) is 25.6. The Morgan fingerprint density at radius 1 is 0.667 bits per heavy atom. The normalized spacial score (nSPS) is 14.7. The summed E-state index contributed by atoms with van der Waals surface area (Å²) in [5.41, 5.74) is 0. The lowest BCUT2D eigenvalue weighted by Gasteiger charge is -2.21. The summed E-state index contributed by atoms with van der Waals surface area (Å²) in [6, 6.07) is -0.814. The molecule has 0 spiro atoms. The molecule has 36 heavy (non-hydrogen) atoms. The van der Waals surface area contributed by atoms with E-state index in [4.69, 9.17) is 0 Å². The first-order valence-electron chi connectivity index (χ1n) is 14.8. The minimum absolute atomic E-state index is 0.381. The number of unbranched alkanes of at least 4 members (excludes halogenated alkanes) is 13. The van der Waals surface area contributed by atoms with Crippen LogP contribution in [0.1, 0.15) is 129 Å². The number of hydrogen-bond acceptors (Lipinski definition) is 4. The monoisotopic (exact) mass is 507 g/mol. The third kappa shape index (κ3) is 21.8. The van der Waals surface area contributed by atoms with Crippen LogP contribution in [0.3, 0.4) is 0 Å². The van der Waals surface area contributed by atoms with Crippen molar-refractivity contribution in [3.63, 3.8) is 0 Å². The van der Waals surface area contributed by atoms with Gasteiger partial charge < -0.3 is 20.6 Å². The fraction of sp³-hybridized carbons (Fsp3) is 0.774. The zero-order chi connectivity index (χ0) is 26.7. The lowest BCUT2D eigenvalue weighted by Crippen LogP contribution is -2.48. The average molecular weight is 508 g/mol. The van der Waals surface area contributed by atoms with Gasteiger partial charge in [-0.15, -0.1) is 0 Å². The summed E-state index contributed by atoms with van der Waals surface area (Å²) in [4.78, 5) is 12.3. The quantitative estimate of drug-likeness (QED) is 0.0798. The third-order valence-electron chi connectivity index (χ3n) is 6.46. The summed E-state index contributed by atoms with van der Waals surface area (Å²) in [7, 11) is 0. The Morgan fingerprint density at radius 3 is 1.69 bits per heavy atom. The maximum absolute atomic E-state index is 12.3. The maximum Gasteiger partial charge on any atom is 0.249 e. The van der Waals surface area contributed by atoms with Crippen LogP contribution in [0.4, 0.5) is 0 Å². The third-order valence-corrected chi connectivity index (χ3v) is 6.46. The fourth-order valence-corrected chi connectivity index (χ4v) is 4.04. The highest BCUT2D eigenvalue weighted by Crippen LogP contribution is 2.12. The molecule has 0 heterocycles. The summed E-state index contributed by atoms with van der Waals surface area (Å²) in [6.07, 6.45) is 30.1. The van der Waals surface area contributed by atoms with Crippen molar-refractivity contribution in [2.75, 3.05) is 6.61 Å². The molecule has 5 heteroatoms. The van der Waals surface area contributed by atoms with E-state index >= 15 is 0 Å². The standard InChI is InChI=1S/C31H57NO4/c1-3-5-7-9-11-13-14-15-16-18-19-21-23-25-29(34)28(27-33)32-31(36)30(35)26-24-22-20-17-12-10-8-6-4-2/h11,13,16,18,23,25,28-30,33-35H,3-10,12,14-15,17,19-22,24,26-27H2,1-2H3,(H,32,36)/b13-11+,18-16+,25-23+. The molecule has 210 valence electrons. The molecule has 0 saturated heterocycles. The second-order valence-corrected chi connectivity index (χ2v) is 9.94.